The first-order valence-electron chi connectivity index (χ1n) is 4.30. The molecular formula is C8H11ClN2O2. The lowest BCUT2D eigenvalue weighted by molar-refractivity contribution is -0.134. The van der Waals surface area contributed by atoms with Gasteiger partial charge in [-0.1, -0.05) is 0 Å². The van der Waals surface area contributed by atoms with E-state index in [1.807, 2.05) is 0 Å². The molecule has 5 heteroatoms. The number of likely N-dealkylation sites (tertiary alicyclic amines) is 1. The van der Waals surface area contributed by atoms with E-state index in [2.05, 4.69) is 5.32 Å². The van der Waals surface area contributed by atoms with Crippen LogP contribution in [0.2, 0.25) is 0 Å². The Bertz CT molecular complexity index is 259. The van der Waals surface area contributed by atoms with E-state index in [-0.39, 0.29) is 23.2 Å². The second-order valence-corrected chi connectivity index (χ2v) is 3.97. The molecule has 0 aliphatic carbocycles. The highest BCUT2D eigenvalue weighted by Crippen LogP contribution is 2.30. The van der Waals surface area contributed by atoms with Crippen molar-refractivity contribution in [1.29, 1.82) is 0 Å². The number of carbonyl (C=O) groups excluding carboxylic acids is 2. The summed E-state index contributed by atoms with van der Waals surface area (Å²) >= 11 is 5.44. The smallest absolute Gasteiger partial charge is 0.237 e. The average Bonchev–Trinajstić information content (AvgIpc) is 2.47. The lowest BCUT2D eigenvalue weighted by Crippen LogP contribution is -2.62. The maximum absolute atomic E-state index is 11.2. The normalized spacial score (nSPS) is 31.8. The van der Waals surface area contributed by atoms with Crippen LogP contribution >= 0.6 is 11.6 Å². The zero-order valence-corrected chi connectivity index (χ0v) is 7.93. The van der Waals surface area contributed by atoms with Crippen molar-refractivity contribution in [3.63, 3.8) is 0 Å². The lowest BCUT2D eigenvalue weighted by Gasteiger charge is -2.38. The molecule has 0 aromatic heterocycles. The quantitative estimate of drug-likeness (QED) is 0.470. The Hall–Kier alpha value is -0.770. The third-order valence-electron chi connectivity index (χ3n) is 2.72. The Morgan fingerprint density at radius 3 is 2.92 bits per heavy atom. The highest BCUT2D eigenvalue weighted by atomic mass is 35.5. The van der Waals surface area contributed by atoms with Crippen LogP contribution < -0.4 is 5.32 Å². The number of hydrogen-bond acceptors (Lipinski definition) is 2. The lowest BCUT2D eigenvalue weighted by atomic mass is 9.86. The molecule has 2 fully saturated rings. The SMILES string of the molecule is O=C1C[C@]2(CCN(C(=O)CCl)C2)N1. The minimum absolute atomic E-state index is 0.0318. The molecule has 0 radical (unpaired) electrons. The number of carbonyl (C=O) groups is 2. The number of nitrogens with one attached hydrogen (secondary N) is 1. The molecule has 2 aliphatic heterocycles. The number of rotatable bonds is 1. The van der Waals surface area contributed by atoms with Crippen LogP contribution in [-0.2, 0) is 9.59 Å². The van der Waals surface area contributed by atoms with Crippen LogP contribution in [0.4, 0.5) is 0 Å². The van der Waals surface area contributed by atoms with Gasteiger partial charge in [-0.3, -0.25) is 9.59 Å². The highest BCUT2D eigenvalue weighted by Gasteiger charge is 2.48. The summed E-state index contributed by atoms with van der Waals surface area (Å²) in [6.45, 7) is 1.34. The summed E-state index contributed by atoms with van der Waals surface area (Å²) in [5.41, 5.74) is -0.112. The van der Waals surface area contributed by atoms with Gasteiger partial charge in [0.25, 0.3) is 0 Å². The second kappa shape index (κ2) is 2.87. The first kappa shape index (κ1) is 8.81. The maximum Gasteiger partial charge on any atom is 0.237 e. The molecule has 0 bridgehead atoms. The fraction of sp³-hybridized carbons (Fsp3) is 0.750. The van der Waals surface area contributed by atoms with Gasteiger partial charge in [0.2, 0.25) is 11.8 Å². The molecule has 1 spiro atoms. The van der Waals surface area contributed by atoms with Gasteiger partial charge in [0.1, 0.15) is 5.88 Å². The molecule has 2 amide bonds. The van der Waals surface area contributed by atoms with Crippen LogP contribution in [0.15, 0.2) is 0 Å². The number of nitrogens with zero attached hydrogens (tertiary/aromatic N) is 1. The van der Waals surface area contributed by atoms with Crippen molar-refractivity contribution >= 4 is 23.4 Å². The fourth-order valence-corrected chi connectivity index (χ4v) is 2.17. The van der Waals surface area contributed by atoms with Crippen LogP contribution in [0.1, 0.15) is 12.8 Å². The van der Waals surface area contributed by atoms with Gasteiger partial charge in [0.05, 0.1) is 12.0 Å². The van der Waals surface area contributed by atoms with Gasteiger partial charge in [-0.2, -0.15) is 0 Å². The average molecular weight is 203 g/mol. The van der Waals surface area contributed by atoms with E-state index in [1.165, 1.54) is 0 Å². The summed E-state index contributed by atoms with van der Waals surface area (Å²) in [5.74, 6) is 0.0733. The van der Waals surface area contributed by atoms with E-state index in [9.17, 15) is 9.59 Å². The summed E-state index contributed by atoms with van der Waals surface area (Å²) in [6, 6.07) is 0. The Kier molecular flexibility index (Phi) is 1.95. The van der Waals surface area contributed by atoms with Gasteiger partial charge in [0, 0.05) is 13.1 Å². The molecule has 72 valence electrons. The van der Waals surface area contributed by atoms with Crippen LogP contribution in [-0.4, -0.2) is 41.2 Å². The van der Waals surface area contributed by atoms with Gasteiger partial charge < -0.3 is 10.2 Å². The van der Waals surface area contributed by atoms with Crippen molar-refractivity contribution in [3.05, 3.63) is 0 Å². The molecule has 4 nitrogen and oxygen atoms in total. The molecule has 2 rings (SSSR count). The van der Waals surface area contributed by atoms with Crippen molar-refractivity contribution in [1.82, 2.24) is 10.2 Å². The molecule has 2 heterocycles. The monoisotopic (exact) mass is 202 g/mol. The number of halogens is 1. The van der Waals surface area contributed by atoms with Crippen LogP contribution in [0.5, 0.6) is 0 Å². The minimum atomic E-state index is -0.112. The number of amides is 2. The third kappa shape index (κ3) is 1.39. The predicted molar refractivity (Wildman–Crippen MR) is 47.4 cm³/mol. The highest BCUT2D eigenvalue weighted by molar-refractivity contribution is 6.27. The molecule has 0 aromatic rings. The summed E-state index contributed by atoms with van der Waals surface area (Å²) in [5, 5.41) is 2.85. The third-order valence-corrected chi connectivity index (χ3v) is 2.95. The van der Waals surface area contributed by atoms with Crippen molar-refractivity contribution in [2.75, 3.05) is 19.0 Å². The van der Waals surface area contributed by atoms with Gasteiger partial charge in [-0.25, -0.2) is 0 Å². The number of β-lactam (4-membered cyclic amide) rings is 1. The molecule has 0 aromatic carbocycles. The summed E-state index contributed by atoms with van der Waals surface area (Å²) < 4.78 is 0. The molecule has 13 heavy (non-hydrogen) atoms. The van der Waals surface area contributed by atoms with Crippen LogP contribution in [0.3, 0.4) is 0 Å². The van der Waals surface area contributed by atoms with E-state index >= 15 is 0 Å². The first-order valence-corrected chi connectivity index (χ1v) is 4.83. The number of hydrogen-bond donors (Lipinski definition) is 1. The van der Waals surface area contributed by atoms with Crippen molar-refractivity contribution in [3.8, 4) is 0 Å². The molecule has 1 atom stereocenters. The minimum Gasteiger partial charge on any atom is -0.348 e. The Morgan fingerprint density at radius 2 is 2.38 bits per heavy atom. The van der Waals surface area contributed by atoms with Crippen molar-refractivity contribution < 1.29 is 9.59 Å². The van der Waals surface area contributed by atoms with E-state index in [0.717, 1.165) is 6.42 Å². The van der Waals surface area contributed by atoms with Crippen molar-refractivity contribution in [2.45, 2.75) is 18.4 Å². The zero-order chi connectivity index (χ0) is 9.47. The first-order chi connectivity index (χ1) is 6.15. The van der Waals surface area contributed by atoms with E-state index in [0.29, 0.717) is 19.5 Å². The van der Waals surface area contributed by atoms with Crippen molar-refractivity contribution in [2.24, 2.45) is 0 Å². The largest absolute Gasteiger partial charge is 0.348 e. The van der Waals surface area contributed by atoms with E-state index in [1.54, 1.807) is 4.90 Å². The fourth-order valence-electron chi connectivity index (χ4n) is 2.00. The summed E-state index contributed by atoms with van der Waals surface area (Å²) in [4.78, 5) is 23.7. The molecule has 2 aliphatic rings. The maximum atomic E-state index is 11.2. The summed E-state index contributed by atoms with van der Waals surface area (Å²) in [6.07, 6.45) is 1.42. The van der Waals surface area contributed by atoms with Gasteiger partial charge >= 0.3 is 0 Å². The molecule has 1 N–H and O–H groups in total. The Balaban J connectivity index is 1.95. The zero-order valence-electron chi connectivity index (χ0n) is 7.18. The molecular weight excluding hydrogens is 192 g/mol. The topological polar surface area (TPSA) is 49.4 Å². The van der Waals surface area contributed by atoms with E-state index in [4.69, 9.17) is 11.6 Å². The van der Waals surface area contributed by atoms with Gasteiger partial charge in [-0.15, -0.1) is 11.6 Å². The molecule has 2 saturated heterocycles. The summed E-state index contributed by atoms with van der Waals surface area (Å²) in [7, 11) is 0. The Labute approximate surface area is 81.2 Å². The molecule has 0 unspecified atom stereocenters. The predicted octanol–water partition coefficient (Wildman–Crippen LogP) is -0.284. The van der Waals surface area contributed by atoms with Gasteiger partial charge in [0.15, 0.2) is 0 Å². The second-order valence-electron chi connectivity index (χ2n) is 3.70. The van der Waals surface area contributed by atoms with E-state index < -0.39 is 0 Å². The van der Waals surface area contributed by atoms with Crippen LogP contribution in [0, 0.1) is 0 Å². The van der Waals surface area contributed by atoms with Crippen LogP contribution in [0.25, 0.3) is 0 Å². The van der Waals surface area contributed by atoms with Gasteiger partial charge in [-0.05, 0) is 6.42 Å². The standard InChI is InChI=1S/C8H11ClN2O2/c9-4-7(13)11-2-1-8(5-11)3-6(12)10-8/h1-5H2,(H,10,12)/t8-/m0/s1. The number of alkyl halides is 1. The Morgan fingerprint density at radius 1 is 1.69 bits per heavy atom. The molecule has 0 saturated carbocycles.